The van der Waals surface area contributed by atoms with Gasteiger partial charge in [0, 0.05) is 29.8 Å². The van der Waals surface area contributed by atoms with Crippen LogP contribution in [0.3, 0.4) is 0 Å². The molecular weight excluding hydrogens is 326 g/mol. The van der Waals surface area contributed by atoms with Crippen molar-refractivity contribution < 1.29 is 13.2 Å². The summed E-state index contributed by atoms with van der Waals surface area (Å²) in [6, 6.07) is 4.68. The summed E-state index contributed by atoms with van der Waals surface area (Å²) in [5.74, 6) is 0. The first-order chi connectivity index (χ1) is 10.3. The summed E-state index contributed by atoms with van der Waals surface area (Å²) in [7, 11) is -3.22. The van der Waals surface area contributed by atoms with Crippen LogP contribution in [-0.4, -0.2) is 44.1 Å². The average Bonchev–Trinajstić information content (AvgIpc) is 2.41. The Morgan fingerprint density at radius 1 is 1.41 bits per heavy atom. The molecule has 1 aromatic rings. The van der Waals surface area contributed by atoms with Crippen molar-refractivity contribution in [3.8, 4) is 0 Å². The maximum absolute atomic E-state index is 12.1. The van der Waals surface area contributed by atoms with Crippen molar-refractivity contribution >= 4 is 33.3 Å². The molecule has 2 N–H and O–H groups in total. The third kappa shape index (κ3) is 4.59. The average molecular weight is 346 g/mol. The number of amides is 2. The molecule has 6 nitrogen and oxygen atoms in total. The topological polar surface area (TPSA) is 78.5 Å². The lowest BCUT2D eigenvalue weighted by molar-refractivity contribution is 0.236. The minimum Gasteiger partial charge on any atom is -0.334 e. The lowest BCUT2D eigenvalue weighted by Gasteiger charge is -2.31. The van der Waals surface area contributed by atoms with Crippen molar-refractivity contribution in [2.45, 2.75) is 25.8 Å². The maximum atomic E-state index is 12.1. The molecule has 1 aliphatic heterocycles. The van der Waals surface area contributed by atoms with Gasteiger partial charge in [-0.1, -0.05) is 11.6 Å². The van der Waals surface area contributed by atoms with E-state index in [9.17, 15) is 13.2 Å². The summed E-state index contributed by atoms with van der Waals surface area (Å²) in [6.45, 7) is 2.67. The van der Waals surface area contributed by atoms with Gasteiger partial charge in [-0.05, 0) is 43.5 Å². The summed E-state index contributed by atoms with van der Waals surface area (Å²) in [6.07, 6.45) is 2.68. The number of nitrogens with zero attached hydrogens (tertiary/aromatic N) is 1. The van der Waals surface area contributed by atoms with Crippen LogP contribution in [0.2, 0.25) is 5.02 Å². The molecule has 1 fully saturated rings. The van der Waals surface area contributed by atoms with Gasteiger partial charge in [0.1, 0.15) is 0 Å². The van der Waals surface area contributed by atoms with E-state index in [1.165, 1.54) is 10.6 Å². The van der Waals surface area contributed by atoms with Crippen LogP contribution in [0.15, 0.2) is 18.2 Å². The van der Waals surface area contributed by atoms with Crippen molar-refractivity contribution in [1.29, 1.82) is 0 Å². The zero-order valence-corrected chi connectivity index (χ0v) is 14.2. The van der Waals surface area contributed by atoms with Gasteiger partial charge in [-0.25, -0.2) is 17.5 Å². The molecule has 1 atom stereocenters. The van der Waals surface area contributed by atoms with E-state index < -0.39 is 10.0 Å². The van der Waals surface area contributed by atoms with E-state index in [0.717, 1.165) is 18.4 Å². The molecule has 1 saturated heterocycles. The van der Waals surface area contributed by atoms with Crippen LogP contribution in [0, 0.1) is 6.92 Å². The Hall–Kier alpha value is -1.31. The molecule has 122 valence electrons. The fourth-order valence-electron chi connectivity index (χ4n) is 2.47. The van der Waals surface area contributed by atoms with Gasteiger partial charge in [0.15, 0.2) is 0 Å². The molecule has 0 saturated carbocycles. The highest BCUT2D eigenvalue weighted by Gasteiger charge is 2.26. The molecule has 1 aromatic carbocycles. The van der Waals surface area contributed by atoms with Gasteiger partial charge >= 0.3 is 6.03 Å². The van der Waals surface area contributed by atoms with Gasteiger partial charge in [-0.3, -0.25) is 0 Å². The van der Waals surface area contributed by atoms with Crippen LogP contribution < -0.4 is 10.6 Å². The number of hydrogen-bond donors (Lipinski definition) is 2. The number of carbonyl (C=O) groups is 1. The quantitative estimate of drug-likeness (QED) is 0.881. The Balaban J connectivity index is 1.94. The molecule has 1 aliphatic rings. The number of halogens is 1. The number of benzene rings is 1. The number of hydrogen-bond acceptors (Lipinski definition) is 3. The van der Waals surface area contributed by atoms with Gasteiger partial charge in [-0.15, -0.1) is 0 Å². The minimum absolute atomic E-state index is 0.184. The van der Waals surface area contributed by atoms with Crippen LogP contribution in [0.5, 0.6) is 0 Å². The SMILES string of the molecule is Cc1cc(Cl)ccc1NC(=O)N[C@@H]1CCCN(S(C)(=O)=O)C1. The Morgan fingerprint density at radius 3 is 2.77 bits per heavy atom. The van der Waals surface area contributed by atoms with Crippen molar-refractivity contribution in [2.75, 3.05) is 24.7 Å². The first kappa shape index (κ1) is 17.1. The number of aryl methyl sites for hydroxylation is 1. The van der Waals surface area contributed by atoms with E-state index >= 15 is 0 Å². The number of sulfonamides is 1. The van der Waals surface area contributed by atoms with Crippen molar-refractivity contribution in [2.24, 2.45) is 0 Å². The van der Waals surface area contributed by atoms with Gasteiger partial charge in [0.2, 0.25) is 10.0 Å². The molecule has 0 aromatic heterocycles. The first-order valence-corrected chi connectivity index (χ1v) is 9.27. The molecule has 8 heteroatoms. The zero-order chi connectivity index (χ0) is 16.3. The monoisotopic (exact) mass is 345 g/mol. The second-order valence-corrected chi connectivity index (χ2v) is 7.94. The lowest BCUT2D eigenvalue weighted by Crippen LogP contribution is -2.50. The number of urea groups is 1. The lowest BCUT2D eigenvalue weighted by atomic mass is 10.1. The van der Waals surface area contributed by atoms with Gasteiger partial charge in [0.05, 0.1) is 6.26 Å². The molecule has 0 spiro atoms. The number of piperidine rings is 1. The van der Waals surface area contributed by atoms with E-state index in [2.05, 4.69) is 10.6 Å². The smallest absolute Gasteiger partial charge is 0.319 e. The van der Waals surface area contributed by atoms with Crippen LogP contribution in [-0.2, 0) is 10.0 Å². The highest BCUT2D eigenvalue weighted by atomic mass is 35.5. The van der Waals surface area contributed by atoms with Gasteiger partial charge in [0.25, 0.3) is 0 Å². The highest BCUT2D eigenvalue weighted by Crippen LogP contribution is 2.19. The Bertz CT molecular complexity index is 663. The summed E-state index contributed by atoms with van der Waals surface area (Å²) in [4.78, 5) is 12.1. The van der Waals surface area contributed by atoms with E-state index in [0.29, 0.717) is 23.8 Å². The number of rotatable bonds is 3. The third-order valence-electron chi connectivity index (χ3n) is 3.63. The van der Waals surface area contributed by atoms with E-state index in [-0.39, 0.29) is 12.1 Å². The number of carbonyl (C=O) groups excluding carboxylic acids is 1. The largest absolute Gasteiger partial charge is 0.334 e. The maximum Gasteiger partial charge on any atom is 0.319 e. The van der Waals surface area contributed by atoms with E-state index in [4.69, 9.17) is 11.6 Å². The molecule has 2 rings (SSSR count). The fourth-order valence-corrected chi connectivity index (χ4v) is 3.61. The summed E-state index contributed by atoms with van der Waals surface area (Å²) in [5.41, 5.74) is 1.54. The molecule has 1 heterocycles. The standard InChI is InChI=1S/C14H20ClN3O3S/c1-10-8-11(15)5-6-13(10)17-14(19)16-12-4-3-7-18(9-12)22(2,20)21/h5-6,8,12H,3-4,7,9H2,1-2H3,(H2,16,17,19)/t12-/m1/s1. The Labute approximate surface area is 135 Å². The second kappa shape index (κ2) is 6.85. The van der Waals surface area contributed by atoms with Crippen LogP contribution >= 0.6 is 11.6 Å². The molecule has 22 heavy (non-hydrogen) atoms. The zero-order valence-electron chi connectivity index (χ0n) is 12.6. The number of nitrogens with one attached hydrogen (secondary N) is 2. The minimum atomic E-state index is -3.22. The van der Waals surface area contributed by atoms with Gasteiger partial charge in [-0.2, -0.15) is 0 Å². The highest BCUT2D eigenvalue weighted by molar-refractivity contribution is 7.88. The third-order valence-corrected chi connectivity index (χ3v) is 5.13. The molecule has 0 radical (unpaired) electrons. The number of anilines is 1. The van der Waals surface area contributed by atoms with Crippen molar-refractivity contribution in [1.82, 2.24) is 9.62 Å². The fraction of sp³-hybridized carbons (Fsp3) is 0.500. The molecule has 0 aliphatic carbocycles. The van der Waals surface area contributed by atoms with Crippen molar-refractivity contribution in [3.05, 3.63) is 28.8 Å². The molecule has 0 bridgehead atoms. The first-order valence-electron chi connectivity index (χ1n) is 7.04. The Morgan fingerprint density at radius 2 is 2.14 bits per heavy atom. The van der Waals surface area contributed by atoms with E-state index in [1.54, 1.807) is 18.2 Å². The van der Waals surface area contributed by atoms with Crippen LogP contribution in [0.25, 0.3) is 0 Å². The van der Waals surface area contributed by atoms with Crippen LogP contribution in [0.1, 0.15) is 18.4 Å². The summed E-state index contributed by atoms with van der Waals surface area (Å²) < 4.78 is 24.5. The van der Waals surface area contributed by atoms with Gasteiger partial charge < -0.3 is 10.6 Å². The summed E-state index contributed by atoms with van der Waals surface area (Å²) in [5, 5.41) is 6.19. The molecule has 2 amide bonds. The van der Waals surface area contributed by atoms with Crippen molar-refractivity contribution in [3.63, 3.8) is 0 Å². The Kier molecular flexibility index (Phi) is 5.31. The molecule has 0 unspecified atom stereocenters. The normalized spacial score (nSPS) is 19.7. The molecular formula is C14H20ClN3O3S. The predicted molar refractivity (Wildman–Crippen MR) is 87.8 cm³/mol. The summed E-state index contributed by atoms with van der Waals surface area (Å²) >= 11 is 5.88. The second-order valence-electron chi connectivity index (χ2n) is 5.52. The predicted octanol–water partition coefficient (Wildman–Crippen LogP) is 2.19. The van der Waals surface area contributed by atoms with E-state index in [1.807, 2.05) is 6.92 Å². The van der Waals surface area contributed by atoms with Crippen LogP contribution in [0.4, 0.5) is 10.5 Å².